The summed E-state index contributed by atoms with van der Waals surface area (Å²) in [6.07, 6.45) is 3.92. The monoisotopic (exact) mass is 262 g/mol. The molecular formula is C10H16Cl2N4. The van der Waals surface area contributed by atoms with Crippen LogP contribution in [-0.4, -0.2) is 36.1 Å². The fourth-order valence-electron chi connectivity index (χ4n) is 1.87. The van der Waals surface area contributed by atoms with Gasteiger partial charge in [0.1, 0.15) is 17.3 Å². The fraction of sp³-hybridized carbons (Fsp3) is 0.600. The predicted octanol–water partition coefficient (Wildman–Crippen LogP) is 1.74. The first-order chi connectivity index (χ1) is 7.27. The van der Waals surface area contributed by atoms with E-state index in [0.717, 1.165) is 18.9 Å². The number of nitrogens with zero attached hydrogens (tertiary/aromatic N) is 3. The molecule has 90 valence electrons. The largest absolute Gasteiger partial charge is 0.355 e. The lowest BCUT2D eigenvalue weighted by atomic mass is 10.1. The van der Waals surface area contributed by atoms with Gasteiger partial charge in [0.05, 0.1) is 0 Å². The van der Waals surface area contributed by atoms with Crippen LogP contribution in [0.4, 0.5) is 5.82 Å². The third-order valence-corrected chi connectivity index (χ3v) is 3.01. The van der Waals surface area contributed by atoms with Crippen molar-refractivity contribution in [2.75, 3.05) is 25.0 Å². The number of nitrogens with one attached hydrogen (secondary N) is 1. The van der Waals surface area contributed by atoms with E-state index in [1.54, 1.807) is 6.07 Å². The Hall–Kier alpha value is -0.580. The fourth-order valence-corrected chi connectivity index (χ4v) is 2.01. The van der Waals surface area contributed by atoms with Crippen molar-refractivity contribution in [2.24, 2.45) is 0 Å². The van der Waals surface area contributed by atoms with Gasteiger partial charge in [-0.05, 0) is 19.4 Å². The van der Waals surface area contributed by atoms with E-state index in [-0.39, 0.29) is 12.4 Å². The smallest absolute Gasteiger partial charge is 0.134 e. The lowest BCUT2D eigenvalue weighted by molar-refractivity contribution is 0.443. The summed E-state index contributed by atoms with van der Waals surface area (Å²) in [7, 11) is 2.05. The number of hydrogen-bond donors (Lipinski definition) is 1. The summed E-state index contributed by atoms with van der Waals surface area (Å²) in [5, 5.41) is 3.88. The van der Waals surface area contributed by atoms with Gasteiger partial charge in [0, 0.05) is 25.7 Å². The Morgan fingerprint density at radius 2 is 2.31 bits per heavy atom. The molecule has 1 atom stereocenters. The molecule has 2 rings (SSSR count). The molecule has 0 spiro atoms. The quantitative estimate of drug-likeness (QED) is 0.825. The number of aromatic nitrogens is 2. The van der Waals surface area contributed by atoms with Gasteiger partial charge in [-0.15, -0.1) is 12.4 Å². The highest BCUT2D eigenvalue weighted by Crippen LogP contribution is 2.18. The zero-order valence-electron chi connectivity index (χ0n) is 9.19. The zero-order valence-corrected chi connectivity index (χ0v) is 10.8. The lowest BCUT2D eigenvalue weighted by Gasteiger charge is -2.32. The molecule has 0 radical (unpaired) electrons. The van der Waals surface area contributed by atoms with Gasteiger partial charge >= 0.3 is 0 Å². The minimum absolute atomic E-state index is 0. The molecule has 0 amide bonds. The Labute approximate surface area is 107 Å². The molecule has 1 saturated heterocycles. The van der Waals surface area contributed by atoms with Crippen LogP contribution in [0.15, 0.2) is 12.4 Å². The third kappa shape index (κ3) is 3.20. The summed E-state index contributed by atoms with van der Waals surface area (Å²) in [5.74, 6) is 0.892. The van der Waals surface area contributed by atoms with Crippen molar-refractivity contribution >= 4 is 29.8 Å². The van der Waals surface area contributed by atoms with Crippen LogP contribution in [0.3, 0.4) is 0 Å². The van der Waals surface area contributed by atoms with Crippen LogP contribution < -0.4 is 10.2 Å². The normalized spacial score (nSPS) is 20.0. The Kier molecular flexibility index (Phi) is 5.25. The summed E-state index contributed by atoms with van der Waals surface area (Å²) < 4.78 is 0. The molecule has 0 bridgehead atoms. The third-order valence-electron chi connectivity index (χ3n) is 2.80. The molecule has 1 unspecified atom stereocenters. The van der Waals surface area contributed by atoms with E-state index in [9.17, 15) is 0 Å². The molecule has 1 N–H and O–H groups in total. The van der Waals surface area contributed by atoms with Gasteiger partial charge in [0.25, 0.3) is 0 Å². The van der Waals surface area contributed by atoms with Crippen LogP contribution in [0.25, 0.3) is 0 Å². The molecule has 6 heteroatoms. The van der Waals surface area contributed by atoms with Gasteiger partial charge in [-0.3, -0.25) is 0 Å². The maximum atomic E-state index is 5.83. The SMILES string of the molecule is CN(c1cc(Cl)ncn1)C1CCCNC1.Cl. The van der Waals surface area contributed by atoms with E-state index in [4.69, 9.17) is 11.6 Å². The Balaban J connectivity index is 0.00000128. The Morgan fingerprint density at radius 3 is 2.94 bits per heavy atom. The summed E-state index contributed by atoms with van der Waals surface area (Å²) in [6, 6.07) is 2.31. The molecule has 16 heavy (non-hydrogen) atoms. The van der Waals surface area contributed by atoms with Crippen molar-refractivity contribution < 1.29 is 0 Å². The summed E-state index contributed by atoms with van der Waals surface area (Å²) in [4.78, 5) is 10.3. The molecule has 4 nitrogen and oxygen atoms in total. The number of halogens is 2. The van der Waals surface area contributed by atoms with E-state index in [1.807, 2.05) is 0 Å². The Bertz CT molecular complexity index is 328. The van der Waals surface area contributed by atoms with Crippen molar-refractivity contribution in [1.29, 1.82) is 0 Å². The highest BCUT2D eigenvalue weighted by molar-refractivity contribution is 6.29. The van der Waals surface area contributed by atoms with E-state index < -0.39 is 0 Å². The lowest BCUT2D eigenvalue weighted by Crippen LogP contribution is -2.44. The van der Waals surface area contributed by atoms with Gasteiger partial charge in [-0.1, -0.05) is 11.6 Å². The van der Waals surface area contributed by atoms with Crippen molar-refractivity contribution in [3.05, 3.63) is 17.5 Å². The molecule has 1 aliphatic heterocycles. The highest BCUT2D eigenvalue weighted by atomic mass is 35.5. The van der Waals surface area contributed by atoms with E-state index in [2.05, 4.69) is 27.2 Å². The molecule has 0 aromatic carbocycles. The van der Waals surface area contributed by atoms with Crippen LogP contribution >= 0.6 is 24.0 Å². The number of likely N-dealkylation sites (N-methyl/N-ethyl adjacent to an activating group) is 1. The van der Waals surface area contributed by atoms with Crippen LogP contribution in [0.1, 0.15) is 12.8 Å². The van der Waals surface area contributed by atoms with Crippen LogP contribution in [0.5, 0.6) is 0 Å². The summed E-state index contributed by atoms with van der Waals surface area (Å²) >= 11 is 5.83. The van der Waals surface area contributed by atoms with Crippen molar-refractivity contribution in [3.63, 3.8) is 0 Å². The molecule has 2 heterocycles. The van der Waals surface area contributed by atoms with Gasteiger partial charge in [0.15, 0.2) is 0 Å². The molecular weight excluding hydrogens is 247 g/mol. The van der Waals surface area contributed by atoms with Gasteiger partial charge in [0.2, 0.25) is 0 Å². The maximum absolute atomic E-state index is 5.83. The molecule has 1 fully saturated rings. The van der Waals surface area contributed by atoms with Crippen LogP contribution in [0, 0.1) is 0 Å². The van der Waals surface area contributed by atoms with Crippen LogP contribution in [0.2, 0.25) is 5.15 Å². The van der Waals surface area contributed by atoms with Gasteiger partial charge in [-0.25, -0.2) is 9.97 Å². The first-order valence-corrected chi connectivity index (χ1v) is 5.56. The number of rotatable bonds is 2. The maximum Gasteiger partial charge on any atom is 0.134 e. The minimum atomic E-state index is 0. The Morgan fingerprint density at radius 1 is 1.50 bits per heavy atom. The van der Waals surface area contributed by atoms with Gasteiger partial charge in [-0.2, -0.15) is 0 Å². The number of piperidine rings is 1. The second-order valence-corrected chi connectivity index (χ2v) is 4.20. The number of hydrogen-bond acceptors (Lipinski definition) is 4. The van der Waals surface area contributed by atoms with E-state index in [0.29, 0.717) is 11.2 Å². The summed E-state index contributed by atoms with van der Waals surface area (Å²) in [6.45, 7) is 2.13. The van der Waals surface area contributed by atoms with Crippen molar-refractivity contribution in [1.82, 2.24) is 15.3 Å². The molecule has 1 aromatic heterocycles. The van der Waals surface area contributed by atoms with Crippen molar-refractivity contribution in [2.45, 2.75) is 18.9 Å². The average molecular weight is 263 g/mol. The second-order valence-electron chi connectivity index (χ2n) is 3.81. The van der Waals surface area contributed by atoms with Gasteiger partial charge < -0.3 is 10.2 Å². The van der Waals surface area contributed by atoms with Crippen molar-refractivity contribution in [3.8, 4) is 0 Å². The standard InChI is InChI=1S/C10H15ClN4.ClH/c1-15(8-3-2-4-12-6-8)10-5-9(11)13-7-14-10;/h5,7-8,12H,2-4,6H2,1H3;1H. The molecule has 1 aliphatic rings. The molecule has 1 aromatic rings. The first-order valence-electron chi connectivity index (χ1n) is 5.18. The predicted molar refractivity (Wildman–Crippen MR) is 68.6 cm³/mol. The average Bonchev–Trinajstić information content (AvgIpc) is 2.29. The van der Waals surface area contributed by atoms with Crippen LogP contribution in [-0.2, 0) is 0 Å². The number of anilines is 1. The van der Waals surface area contributed by atoms with E-state index >= 15 is 0 Å². The summed E-state index contributed by atoms with van der Waals surface area (Å²) in [5.41, 5.74) is 0. The first kappa shape index (κ1) is 13.5. The molecule has 0 aliphatic carbocycles. The topological polar surface area (TPSA) is 41.1 Å². The molecule has 0 saturated carbocycles. The second kappa shape index (κ2) is 6.23. The highest BCUT2D eigenvalue weighted by Gasteiger charge is 2.18. The van der Waals surface area contributed by atoms with E-state index in [1.165, 1.54) is 19.2 Å². The zero-order chi connectivity index (χ0) is 10.7. The minimum Gasteiger partial charge on any atom is -0.355 e.